The van der Waals surface area contributed by atoms with Gasteiger partial charge in [-0.15, -0.1) is 0 Å². The number of nitrogens with zero attached hydrogens (tertiary/aromatic N) is 2. The fraction of sp³-hybridized carbons (Fsp3) is 0.200. The van der Waals surface area contributed by atoms with Gasteiger partial charge in [-0.1, -0.05) is 23.4 Å². The molecule has 0 saturated carbocycles. The van der Waals surface area contributed by atoms with Crippen molar-refractivity contribution in [2.45, 2.75) is 6.54 Å². The first-order valence-corrected chi connectivity index (χ1v) is 6.63. The Balaban J connectivity index is 2.04. The minimum absolute atomic E-state index is 0.220. The molecular formula is C15H14ClN3O2. The van der Waals surface area contributed by atoms with Crippen LogP contribution in [0.5, 0.6) is 0 Å². The third-order valence-corrected chi connectivity index (χ3v) is 3.06. The summed E-state index contributed by atoms with van der Waals surface area (Å²) in [5.41, 5.74) is 1.95. The predicted molar refractivity (Wildman–Crippen MR) is 79.8 cm³/mol. The maximum atomic E-state index is 12.0. The van der Waals surface area contributed by atoms with Crippen molar-refractivity contribution >= 4 is 17.5 Å². The van der Waals surface area contributed by atoms with E-state index >= 15 is 0 Å². The Bertz CT molecular complexity index is 713. The highest BCUT2D eigenvalue weighted by atomic mass is 35.5. The van der Waals surface area contributed by atoms with E-state index in [2.05, 4.69) is 22.3 Å². The third kappa shape index (κ3) is 4.09. The van der Waals surface area contributed by atoms with Crippen molar-refractivity contribution in [3.63, 3.8) is 0 Å². The number of hydrogen-bond acceptors (Lipinski definition) is 3. The molecule has 0 bridgehead atoms. The number of rotatable bonds is 3. The third-order valence-electron chi connectivity index (χ3n) is 2.74. The Hall–Kier alpha value is -2.29. The number of aliphatic hydroxyl groups excluding tert-OH is 1. The van der Waals surface area contributed by atoms with E-state index in [0.29, 0.717) is 22.7 Å². The minimum atomic E-state index is -0.232. The molecular weight excluding hydrogens is 290 g/mol. The van der Waals surface area contributed by atoms with Crippen LogP contribution in [0.2, 0.25) is 5.02 Å². The maximum absolute atomic E-state index is 12.0. The lowest BCUT2D eigenvalue weighted by Crippen LogP contribution is -2.22. The molecule has 0 fully saturated rings. The van der Waals surface area contributed by atoms with Crippen molar-refractivity contribution in [3.8, 4) is 11.8 Å². The average Bonchev–Trinajstić information content (AvgIpc) is 2.89. The standard InChI is InChI=1S/C15H14ClN3O2/c1-19-10-11(9-18-19)8-17-15(21)13-5-4-12(3-2-6-20)14(16)7-13/h4-5,7,9-10,20H,6,8H2,1H3,(H,17,21). The van der Waals surface area contributed by atoms with E-state index in [1.807, 2.05) is 13.2 Å². The molecule has 1 aromatic carbocycles. The molecule has 0 aliphatic carbocycles. The summed E-state index contributed by atoms with van der Waals surface area (Å²) < 4.78 is 1.67. The molecule has 2 N–H and O–H groups in total. The van der Waals surface area contributed by atoms with E-state index in [4.69, 9.17) is 16.7 Å². The van der Waals surface area contributed by atoms with E-state index in [9.17, 15) is 4.79 Å². The molecule has 1 amide bonds. The van der Waals surface area contributed by atoms with Crippen molar-refractivity contribution in [2.75, 3.05) is 6.61 Å². The highest BCUT2D eigenvalue weighted by Gasteiger charge is 2.08. The highest BCUT2D eigenvalue weighted by Crippen LogP contribution is 2.17. The van der Waals surface area contributed by atoms with Crippen molar-refractivity contribution in [2.24, 2.45) is 7.05 Å². The van der Waals surface area contributed by atoms with Crippen LogP contribution in [-0.4, -0.2) is 27.4 Å². The Morgan fingerprint density at radius 3 is 2.95 bits per heavy atom. The van der Waals surface area contributed by atoms with E-state index < -0.39 is 0 Å². The molecule has 2 aromatic rings. The van der Waals surface area contributed by atoms with Gasteiger partial charge in [0.1, 0.15) is 6.61 Å². The van der Waals surface area contributed by atoms with Crippen LogP contribution in [0.15, 0.2) is 30.6 Å². The largest absolute Gasteiger partial charge is 0.384 e. The summed E-state index contributed by atoms with van der Waals surface area (Å²) >= 11 is 6.05. The van der Waals surface area contributed by atoms with Gasteiger partial charge in [0.2, 0.25) is 0 Å². The molecule has 6 heteroatoms. The van der Waals surface area contributed by atoms with Crippen LogP contribution in [0.3, 0.4) is 0 Å². The quantitative estimate of drug-likeness (QED) is 0.841. The number of benzene rings is 1. The number of nitrogens with one attached hydrogen (secondary N) is 1. The van der Waals surface area contributed by atoms with Crippen LogP contribution < -0.4 is 5.32 Å². The SMILES string of the molecule is Cn1cc(CNC(=O)c2ccc(C#CCO)c(Cl)c2)cn1. The normalized spacial score (nSPS) is 9.86. The van der Waals surface area contributed by atoms with Gasteiger partial charge in [0, 0.05) is 36.5 Å². The molecule has 1 heterocycles. The first-order chi connectivity index (χ1) is 10.1. The van der Waals surface area contributed by atoms with Crippen molar-refractivity contribution in [1.29, 1.82) is 0 Å². The Morgan fingerprint density at radius 2 is 2.33 bits per heavy atom. The van der Waals surface area contributed by atoms with Gasteiger partial charge in [0.25, 0.3) is 5.91 Å². The zero-order chi connectivity index (χ0) is 15.2. The fourth-order valence-corrected chi connectivity index (χ4v) is 1.97. The van der Waals surface area contributed by atoms with Gasteiger partial charge in [0.15, 0.2) is 0 Å². The van der Waals surface area contributed by atoms with Gasteiger partial charge >= 0.3 is 0 Å². The number of aliphatic hydroxyl groups is 1. The lowest BCUT2D eigenvalue weighted by molar-refractivity contribution is 0.0951. The molecule has 1 aromatic heterocycles. The van der Waals surface area contributed by atoms with Crippen molar-refractivity contribution < 1.29 is 9.90 Å². The van der Waals surface area contributed by atoms with Crippen LogP contribution >= 0.6 is 11.6 Å². The number of carbonyl (C=O) groups excluding carboxylic acids is 1. The van der Waals surface area contributed by atoms with Gasteiger partial charge < -0.3 is 10.4 Å². The first kappa shape index (κ1) is 15.1. The average molecular weight is 304 g/mol. The zero-order valence-electron chi connectivity index (χ0n) is 11.4. The molecule has 0 aliphatic rings. The number of hydrogen-bond donors (Lipinski definition) is 2. The van der Waals surface area contributed by atoms with E-state index in [1.165, 1.54) is 0 Å². The molecule has 0 unspecified atom stereocenters. The molecule has 0 saturated heterocycles. The van der Waals surface area contributed by atoms with E-state index in [-0.39, 0.29) is 12.5 Å². The molecule has 0 aliphatic heterocycles. The number of halogens is 1. The summed E-state index contributed by atoms with van der Waals surface area (Å²) in [5.74, 6) is 5.01. The molecule has 0 atom stereocenters. The molecule has 5 nitrogen and oxygen atoms in total. The van der Waals surface area contributed by atoms with Gasteiger partial charge in [-0.05, 0) is 18.2 Å². The molecule has 0 radical (unpaired) electrons. The number of aromatic nitrogens is 2. The van der Waals surface area contributed by atoms with Crippen molar-refractivity contribution in [3.05, 3.63) is 52.3 Å². The Kier molecular flexibility index (Phi) is 4.99. The lowest BCUT2D eigenvalue weighted by Gasteiger charge is -2.05. The Labute approximate surface area is 127 Å². The van der Waals surface area contributed by atoms with E-state index in [0.717, 1.165) is 5.56 Å². The van der Waals surface area contributed by atoms with Gasteiger partial charge in [-0.3, -0.25) is 9.48 Å². The summed E-state index contributed by atoms with van der Waals surface area (Å²) in [6.45, 7) is 0.167. The minimum Gasteiger partial charge on any atom is -0.384 e. The lowest BCUT2D eigenvalue weighted by atomic mass is 10.1. The Morgan fingerprint density at radius 1 is 1.52 bits per heavy atom. The molecule has 21 heavy (non-hydrogen) atoms. The van der Waals surface area contributed by atoms with Crippen LogP contribution in [0.25, 0.3) is 0 Å². The van der Waals surface area contributed by atoms with Gasteiger partial charge in [0.05, 0.1) is 11.2 Å². The first-order valence-electron chi connectivity index (χ1n) is 6.25. The second-order valence-corrected chi connectivity index (χ2v) is 4.77. The van der Waals surface area contributed by atoms with Crippen LogP contribution in [0.4, 0.5) is 0 Å². The van der Waals surface area contributed by atoms with Crippen molar-refractivity contribution in [1.82, 2.24) is 15.1 Å². The summed E-state index contributed by atoms with van der Waals surface area (Å²) in [6.07, 6.45) is 3.53. The molecule has 0 spiro atoms. The summed E-state index contributed by atoms with van der Waals surface area (Å²) in [5, 5.41) is 15.9. The van der Waals surface area contributed by atoms with Crippen LogP contribution in [-0.2, 0) is 13.6 Å². The molecule has 2 rings (SSSR count). The number of carbonyl (C=O) groups is 1. The van der Waals surface area contributed by atoms with Gasteiger partial charge in [-0.2, -0.15) is 5.10 Å². The highest BCUT2D eigenvalue weighted by molar-refractivity contribution is 6.32. The maximum Gasteiger partial charge on any atom is 0.251 e. The van der Waals surface area contributed by atoms with Crippen LogP contribution in [0, 0.1) is 11.8 Å². The smallest absolute Gasteiger partial charge is 0.251 e. The summed E-state index contributed by atoms with van der Waals surface area (Å²) in [7, 11) is 1.82. The predicted octanol–water partition coefficient (Wildman–Crippen LogP) is 1.35. The monoisotopic (exact) mass is 303 g/mol. The van der Waals surface area contributed by atoms with Gasteiger partial charge in [-0.25, -0.2) is 0 Å². The zero-order valence-corrected chi connectivity index (χ0v) is 12.2. The summed E-state index contributed by atoms with van der Waals surface area (Å²) in [6, 6.07) is 4.86. The van der Waals surface area contributed by atoms with Crippen LogP contribution in [0.1, 0.15) is 21.5 Å². The number of amides is 1. The fourth-order valence-electron chi connectivity index (χ4n) is 1.74. The molecule has 108 valence electrons. The second kappa shape index (κ2) is 6.93. The van der Waals surface area contributed by atoms with E-state index in [1.54, 1.807) is 29.1 Å². The summed E-state index contributed by atoms with van der Waals surface area (Å²) in [4.78, 5) is 12.0. The second-order valence-electron chi connectivity index (χ2n) is 4.36. The topological polar surface area (TPSA) is 67.2 Å². The number of aryl methyl sites for hydroxylation is 1.